The van der Waals surface area contributed by atoms with Crippen LogP contribution in [0.15, 0.2) is 22.9 Å². The highest BCUT2D eigenvalue weighted by Crippen LogP contribution is 2.30. The Morgan fingerprint density at radius 2 is 2.41 bits per heavy atom. The summed E-state index contributed by atoms with van der Waals surface area (Å²) < 4.78 is 0.941. The monoisotopic (exact) mass is 297 g/mol. The predicted octanol–water partition coefficient (Wildman–Crippen LogP) is 1.95. The number of amides is 1. The fraction of sp³-hybridized carbons (Fsp3) is 0.500. The number of hydrogen-bond acceptors (Lipinski definition) is 3. The van der Waals surface area contributed by atoms with Crippen LogP contribution >= 0.6 is 15.9 Å². The van der Waals surface area contributed by atoms with Crippen molar-refractivity contribution in [2.75, 3.05) is 18.5 Å². The molecule has 2 rings (SSSR count). The third-order valence-electron chi connectivity index (χ3n) is 3.11. The Balaban J connectivity index is 2.28. The quantitative estimate of drug-likeness (QED) is 0.907. The molecule has 0 aromatic carbocycles. The number of aromatic nitrogens is 1. The number of nitrogens with zero attached hydrogens (tertiary/aromatic N) is 2. The van der Waals surface area contributed by atoms with Gasteiger partial charge >= 0.3 is 0 Å². The summed E-state index contributed by atoms with van der Waals surface area (Å²) in [6, 6.07) is 1.89. The Bertz CT molecular complexity index is 410. The molecule has 1 saturated heterocycles. The topological polar surface area (TPSA) is 45.2 Å². The Morgan fingerprint density at radius 3 is 3.12 bits per heavy atom. The third kappa shape index (κ3) is 2.60. The van der Waals surface area contributed by atoms with Crippen LogP contribution in [0.5, 0.6) is 0 Å². The molecule has 0 spiro atoms. The summed E-state index contributed by atoms with van der Waals surface area (Å²) in [7, 11) is 1.69. The van der Waals surface area contributed by atoms with E-state index in [9.17, 15) is 4.79 Å². The van der Waals surface area contributed by atoms with Crippen LogP contribution in [0.2, 0.25) is 0 Å². The van der Waals surface area contributed by atoms with Gasteiger partial charge in [0.15, 0.2) is 0 Å². The minimum atomic E-state index is -0.0625. The molecular formula is C12H16BrN3O. The van der Waals surface area contributed by atoms with Crippen LogP contribution in [0.1, 0.15) is 19.3 Å². The molecule has 1 N–H and O–H groups in total. The highest BCUT2D eigenvalue weighted by Gasteiger charge is 2.29. The van der Waals surface area contributed by atoms with Crippen LogP contribution in [0.3, 0.4) is 0 Å². The van der Waals surface area contributed by atoms with Gasteiger partial charge in [-0.25, -0.2) is 0 Å². The molecule has 2 heterocycles. The number of anilines is 1. The highest BCUT2D eigenvalue weighted by atomic mass is 79.9. The van der Waals surface area contributed by atoms with E-state index in [0.717, 1.165) is 36.0 Å². The summed E-state index contributed by atoms with van der Waals surface area (Å²) >= 11 is 3.49. The number of likely N-dealkylation sites (N-methyl/N-ethyl adjacent to an activating group) is 1. The number of piperidine rings is 1. The van der Waals surface area contributed by atoms with Crippen molar-refractivity contribution in [3.63, 3.8) is 0 Å². The second-order valence-corrected chi connectivity index (χ2v) is 5.00. The molecule has 0 radical (unpaired) electrons. The molecule has 1 aliphatic heterocycles. The Kier molecular flexibility index (Phi) is 3.99. The highest BCUT2D eigenvalue weighted by molar-refractivity contribution is 9.10. The van der Waals surface area contributed by atoms with Crippen molar-refractivity contribution in [3.05, 3.63) is 22.9 Å². The van der Waals surface area contributed by atoms with E-state index >= 15 is 0 Å². The molecule has 1 aliphatic rings. The van der Waals surface area contributed by atoms with Crippen molar-refractivity contribution in [2.24, 2.45) is 0 Å². The number of carbonyl (C=O) groups is 1. The summed E-state index contributed by atoms with van der Waals surface area (Å²) in [5, 5.41) is 2.74. The molecule has 17 heavy (non-hydrogen) atoms. The van der Waals surface area contributed by atoms with E-state index in [2.05, 4.69) is 31.1 Å². The summed E-state index contributed by atoms with van der Waals surface area (Å²) in [5.74, 6) is 0.0911. The van der Waals surface area contributed by atoms with Gasteiger partial charge in [0, 0.05) is 26.0 Å². The first-order chi connectivity index (χ1) is 8.24. The fourth-order valence-electron chi connectivity index (χ4n) is 2.26. The smallest absolute Gasteiger partial charge is 0.242 e. The maximum atomic E-state index is 11.9. The van der Waals surface area contributed by atoms with Gasteiger partial charge in [-0.1, -0.05) is 0 Å². The maximum Gasteiger partial charge on any atom is 0.242 e. The van der Waals surface area contributed by atoms with Gasteiger partial charge in [0.2, 0.25) is 5.91 Å². The van der Waals surface area contributed by atoms with Gasteiger partial charge in [-0.3, -0.25) is 9.78 Å². The van der Waals surface area contributed by atoms with Gasteiger partial charge in [-0.2, -0.15) is 0 Å². The van der Waals surface area contributed by atoms with Crippen LogP contribution in [0, 0.1) is 0 Å². The van der Waals surface area contributed by atoms with Crippen molar-refractivity contribution in [1.29, 1.82) is 0 Å². The predicted molar refractivity (Wildman–Crippen MR) is 71.0 cm³/mol. The molecule has 1 fully saturated rings. The SMILES string of the molecule is CNC(=O)C1CCCCN1c1ccncc1Br. The minimum absolute atomic E-state index is 0.0625. The summed E-state index contributed by atoms with van der Waals surface area (Å²) in [6.45, 7) is 0.917. The zero-order valence-corrected chi connectivity index (χ0v) is 11.4. The summed E-state index contributed by atoms with van der Waals surface area (Å²) in [5.41, 5.74) is 1.05. The van der Waals surface area contributed by atoms with Crippen LogP contribution < -0.4 is 10.2 Å². The van der Waals surface area contributed by atoms with E-state index in [1.54, 1.807) is 19.4 Å². The molecule has 0 aliphatic carbocycles. The van der Waals surface area contributed by atoms with E-state index in [0.29, 0.717) is 0 Å². The van der Waals surface area contributed by atoms with Crippen molar-refractivity contribution in [1.82, 2.24) is 10.3 Å². The van der Waals surface area contributed by atoms with Gasteiger partial charge in [0.05, 0.1) is 10.2 Å². The summed E-state index contributed by atoms with van der Waals surface area (Å²) in [6.07, 6.45) is 6.68. The van der Waals surface area contributed by atoms with E-state index in [-0.39, 0.29) is 11.9 Å². The largest absolute Gasteiger partial charge is 0.359 e. The molecule has 92 valence electrons. The van der Waals surface area contributed by atoms with Crippen LogP contribution in [0.4, 0.5) is 5.69 Å². The van der Waals surface area contributed by atoms with E-state index < -0.39 is 0 Å². The first-order valence-electron chi connectivity index (χ1n) is 5.82. The van der Waals surface area contributed by atoms with Gasteiger partial charge in [-0.05, 0) is 41.3 Å². The lowest BCUT2D eigenvalue weighted by atomic mass is 10.0. The lowest BCUT2D eigenvalue weighted by molar-refractivity contribution is -0.122. The molecule has 1 aromatic heterocycles. The Labute approximate surface area is 110 Å². The number of carbonyl (C=O) groups excluding carboxylic acids is 1. The lowest BCUT2D eigenvalue weighted by Gasteiger charge is -2.36. The zero-order chi connectivity index (χ0) is 12.3. The molecule has 0 saturated carbocycles. The zero-order valence-electron chi connectivity index (χ0n) is 9.82. The average molecular weight is 298 g/mol. The third-order valence-corrected chi connectivity index (χ3v) is 3.72. The van der Waals surface area contributed by atoms with Gasteiger partial charge in [0.1, 0.15) is 6.04 Å². The number of rotatable bonds is 2. The van der Waals surface area contributed by atoms with Crippen LogP contribution in [-0.2, 0) is 4.79 Å². The van der Waals surface area contributed by atoms with Crippen molar-refractivity contribution >= 4 is 27.5 Å². The first-order valence-corrected chi connectivity index (χ1v) is 6.61. The minimum Gasteiger partial charge on any atom is -0.359 e. The van der Waals surface area contributed by atoms with Crippen LogP contribution in [-0.4, -0.2) is 30.5 Å². The van der Waals surface area contributed by atoms with E-state index in [4.69, 9.17) is 0 Å². The molecule has 0 bridgehead atoms. The molecule has 4 nitrogen and oxygen atoms in total. The van der Waals surface area contributed by atoms with E-state index in [1.165, 1.54) is 0 Å². The Morgan fingerprint density at radius 1 is 1.59 bits per heavy atom. The number of hydrogen-bond donors (Lipinski definition) is 1. The molecule has 1 amide bonds. The summed E-state index contributed by atoms with van der Waals surface area (Å²) in [4.78, 5) is 18.1. The number of halogens is 1. The van der Waals surface area contributed by atoms with Crippen LogP contribution in [0.25, 0.3) is 0 Å². The second kappa shape index (κ2) is 5.49. The average Bonchev–Trinajstić information content (AvgIpc) is 2.38. The van der Waals surface area contributed by atoms with Gasteiger partial charge < -0.3 is 10.2 Å². The molecule has 1 aromatic rings. The molecule has 1 unspecified atom stereocenters. The number of nitrogens with one attached hydrogen (secondary N) is 1. The maximum absolute atomic E-state index is 11.9. The van der Waals surface area contributed by atoms with E-state index in [1.807, 2.05) is 6.07 Å². The lowest BCUT2D eigenvalue weighted by Crippen LogP contribution is -2.49. The fourth-order valence-corrected chi connectivity index (χ4v) is 2.74. The van der Waals surface area contributed by atoms with Crippen molar-refractivity contribution < 1.29 is 4.79 Å². The molecular weight excluding hydrogens is 282 g/mol. The molecule has 5 heteroatoms. The normalized spacial score (nSPS) is 20.1. The van der Waals surface area contributed by atoms with Gasteiger partial charge in [0.25, 0.3) is 0 Å². The van der Waals surface area contributed by atoms with Crippen molar-refractivity contribution in [2.45, 2.75) is 25.3 Å². The standard InChI is InChI=1S/C12H16BrN3O/c1-14-12(17)11-4-2-3-7-16(11)10-5-6-15-8-9(10)13/h5-6,8,11H,2-4,7H2,1H3,(H,14,17). The number of pyridine rings is 1. The second-order valence-electron chi connectivity index (χ2n) is 4.15. The van der Waals surface area contributed by atoms with Gasteiger partial charge in [-0.15, -0.1) is 0 Å². The Hall–Kier alpha value is -1.10. The molecule has 1 atom stereocenters. The first kappa shape index (κ1) is 12.4. The van der Waals surface area contributed by atoms with Crippen molar-refractivity contribution in [3.8, 4) is 0 Å².